The van der Waals surface area contributed by atoms with E-state index in [4.69, 9.17) is 0 Å². The van der Waals surface area contributed by atoms with Gasteiger partial charge in [-0.05, 0) is 51.1 Å². The van der Waals surface area contributed by atoms with Gasteiger partial charge in [0.25, 0.3) is 10.2 Å². The standard InChI is InChI=1S/C14H29N3O2S/c1-16(13-8-14-6-9-15-10-7-14)20(18,19)17-11-4-2-3-5-12-17/h14-15H,2-13H2,1H3. The Bertz CT molecular complexity index is 372. The SMILES string of the molecule is CN(CCC1CCNCC1)S(=O)(=O)N1CCCCCC1. The van der Waals surface area contributed by atoms with Gasteiger partial charge in [-0.25, -0.2) is 0 Å². The molecule has 1 N–H and O–H groups in total. The van der Waals surface area contributed by atoms with Crippen LogP contribution in [0.1, 0.15) is 44.9 Å². The molecule has 0 amide bonds. The summed E-state index contributed by atoms with van der Waals surface area (Å²) in [6, 6.07) is 0. The van der Waals surface area contributed by atoms with Crippen LogP contribution >= 0.6 is 0 Å². The first-order chi connectivity index (χ1) is 9.60. The van der Waals surface area contributed by atoms with Crippen LogP contribution in [0.5, 0.6) is 0 Å². The van der Waals surface area contributed by atoms with E-state index in [1.54, 1.807) is 15.7 Å². The van der Waals surface area contributed by atoms with E-state index in [2.05, 4.69) is 5.32 Å². The van der Waals surface area contributed by atoms with Crippen LogP contribution in [0.25, 0.3) is 0 Å². The Morgan fingerprint density at radius 2 is 1.70 bits per heavy atom. The number of piperidine rings is 1. The Balaban J connectivity index is 1.83. The normalized spacial score (nSPS) is 23.9. The third-order valence-corrected chi connectivity index (χ3v) is 6.58. The summed E-state index contributed by atoms with van der Waals surface area (Å²) in [6.45, 7) is 4.20. The molecule has 2 saturated heterocycles. The van der Waals surface area contributed by atoms with E-state index >= 15 is 0 Å². The zero-order valence-electron chi connectivity index (χ0n) is 12.7. The lowest BCUT2D eigenvalue weighted by atomic mass is 9.95. The van der Waals surface area contributed by atoms with Crippen LogP contribution in [0.3, 0.4) is 0 Å². The van der Waals surface area contributed by atoms with Crippen molar-refractivity contribution < 1.29 is 8.42 Å². The highest BCUT2D eigenvalue weighted by Crippen LogP contribution is 2.19. The minimum Gasteiger partial charge on any atom is -0.317 e. The smallest absolute Gasteiger partial charge is 0.281 e. The van der Waals surface area contributed by atoms with Gasteiger partial charge in [-0.15, -0.1) is 0 Å². The summed E-state index contributed by atoms with van der Waals surface area (Å²) in [6.07, 6.45) is 7.67. The van der Waals surface area contributed by atoms with Crippen LogP contribution < -0.4 is 5.32 Å². The van der Waals surface area contributed by atoms with Crippen LogP contribution in [0.4, 0.5) is 0 Å². The number of hydrogen-bond acceptors (Lipinski definition) is 3. The van der Waals surface area contributed by atoms with Gasteiger partial charge in [0.15, 0.2) is 0 Å². The second-order valence-corrected chi connectivity index (χ2v) is 8.16. The zero-order valence-corrected chi connectivity index (χ0v) is 13.5. The maximum Gasteiger partial charge on any atom is 0.281 e. The number of rotatable bonds is 5. The van der Waals surface area contributed by atoms with Gasteiger partial charge in [0.1, 0.15) is 0 Å². The molecule has 0 aromatic carbocycles. The first-order valence-electron chi connectivity index (χ1n) is 8.03. The molecule has 2 aliphatic rings. The third-order valence-electron chi connectivity index (χ3n) is 4.60. The molecule has 20 heavy (non-hydrogen) atoms. The molecular weight excluding hydrogens is 274 g/mol. The van der Waals surface area contributed by atoms with E-state index in [9.17, 15) is 8.42 Å². The highest BCUT2D eigenvalue weighted by molar-refractivity contribution is 7.86. The molecule has 2 aliphatic heterocycles. The van der Waals surface area contributed by atoms with Gasteiger partial charge in [0.05, 0.1) is 0 Å². The van der Waals surface area contributed by atoms with E-state index in [0.29, 0.717) is 25.6 Å². The van der Waals surface area contributed by atoms with Crippen molar-refractivity contribution in [2.75, 3.05) is 39.8 Å². The van der Waals surface area contributed by atoms with Gasteiger partial charge in [-0.1, -0.05) is 12.8 Å². The third kappa shape index (κ3) is 4.41. The molecule has 0 aliphatic carbocycles. The predicted octanol–water partition coefficient (Wildman–Crippen LogP) is 1.43. The molecule has 2 rings (SSSR count). The van der Waals surface area contributed by atoms with E-state index in [0.717, 1.165) is 45.2 Å². The molecule has 0 unspecified atom stereocenters. The lowest BCUT2D eigenvalue weighted by Gasteiger charge is -2.28. The monoisotopic (exact) mass is 303 g/mol. The average Bonchev–Trinajstić information content (AvgIpc) is 2.75. The van der Waals surface area contributed by atoms with Gasteiger partial charge < -0.3 is 5.32 Å². The van der Waals surface area contributed by atoms with Gasteiger partial charge >= 0.3 is 0 Å². The fraction of sp³-hybridized carbons (Fsp3) is 1.00. The second kappa shape index (κ2) is 7.73. The largest absolute Gasteiger partial charge is 0.317 e. The van der Waals surface area contributed by atoms with E-state index in [-0.39, 0.29) is 0 Å². The molecule has 0 saturated carbocycles. The molecule has 0 radical (unpaired) electrons. The van der Waals surface area contributed by atoms with Crippen molar-refractivity contribution in [3.05, 3.63) is 0 Å². The number of nitrogens with zero attached hydrogens (tertiary/aromatic N) is 2. The van der Waals surface area contributed by atoms with Crippen molar-refractivity contribution in [1.29, 1.82) is 0 Å². The van der Waals surface area contributed by atoms with Gasteiger partial charge in [0, 0.05) is 26.7 Å². The average molecular weight is 303 g/mol. The Hall–Kier alpha value is -0.170. The fourth-order valence-corrected chi connectivity index (χ4v) is 4.57. The maximum atomic E-state index is 12.6. The summed E-state index contributed by atoms with van der Waals surface area (Å²) in [5.74, 6) is 0.679. The quantitative estimate of drug-likeness (QED) is 0.836. The molecule has 0 spiro atoms. The molecule has 0 aromatic rings. The fourth-order valence-electron chi connectivity index (χ4n) is 3.12. The van der Waals surface area contributed by atoms with Crippen molar-refractivity contribution in [3.8, 4) is 0 Å². The maximum absolute atomic E-state index is 12.6. The Labute approximate surface area is 123 Å². The predicted molar refractivity (Wildman–Crippen MR) is 81.8 cm³/mol. The summed E-state index contributed by atoms with van der Waals surface area (Å²) < 4.78 is 28.4. The van der Waals surface area contributed by atoms with E-state index < -0.39 is 10.2 Å². The van der Waals surface area contributed by atoms with Crippen LogP contribution in [0.2, 0.25) is 0 Å². The Morgan fingerprint density at radius 3 is 2.30 bits per heavy atom. The topological polar surface area (TPSA) is 52.7 Å². The Morgan fingerprint density at radius 1 is 1.10 bits per heavy atom. The first-order valence-corrected chi connectivity index (χ1v) is 9.42. The lowest BCUT2D eigenvalue weighted by molar-refractivity contribution is 0.311. The molecule has 5 nitrogen and oxygen atoms in total. The Kier molecular flexibility index (Phi) is 6.26. The van der Waals surface area contributed by atoms with Crippen molar-refractivity contribution in [1.82, 2.24) is 13.9 Å². The summed E-state index contributed by atoms with van der Waals surface area (Å²) in [4.78, 5) is 0. The minimum atomic E-state index is -3.24. The second-order valence-electron chi connectivity index (χ2n) is 6.12. The van der Waals surface area contributed by atoms with Crippen molar-refractivity contribution >= 4 is 10.2 Å². The van der Waals surface area contributed by atoms with E-state index in [1.807, 2.05) is 0 Å². The van der Waals surface area contributed by atoms with Crippen molar-refractivity contribution in [2.24, 2.45) is 5.92 Å². The van der Waals surface area contributed by atoms with Crippen molar-refractivity contribution in [3.63, 3.8) is 0 Å². The molecule has 6 heteroatoms. The highest BCUT2D eigenvalue weighted by atomic mass is 32.2. The molecule has 0 bridgehead atoms. The van der Waals surface area contributed by atoms with E-state index in [1.165, 1.54) is 12.8 Å². The molecule has 118 valence electrons. The minimum absolute atomic E-state index is 0.656. The van der Waals surface area contributed by atoms with Gasteiger partial charge in [-0.2, -0.15) is 17.0 Å². The number of nitrogens with one attached hydrogen (secondary N) is 1. The summed E-state index contributed by atoms with van der Waals surface area (Å²) >= 11 is 0. The van der Waals surface area contributed by atoms with Gasteiger partial charge in [-0.3, -0.25) is 0 Å². The molecule has 0 aromatic heterocycles. The van der Waals surface area contributed by atoms with Crippen LogP contribution in [0.15, 0.2) is 0 Å². The zero-order chi connectivity index (χ0) is 14.4. The summed E-state index contributed by atoms with van der Waals surface area (Å²) in [7, 11) is -1.50. The van der Waals surface area contributed by atoms with Crippen LogP contribution in [0, 0.1) is 5.92 Å². The van der Waals surface area contributed by atoms with Gasteiger partial charge in [0.2, 0.25) is 0 Å². The molecule has 0 atom stereocenters. The van der Waals surface area contributed by atoms with Crippen LogP contribution in [-0.2, 0) is 10.2 Å². The molecular formula is C14H29N3O2S. The first kappa shape index (κ1) is 16.2. The lowest BCUT2D eigenvalue weighted by Crippen LogP contribution is -2.43. The number of hydrogen-bond donors (Lipinski definition) is 1. The summed E-state index contributed by atoms with van der Waals surface area (Å²) in [5, 5.41) is 3.35. The van der Waals surface area contributed by atoms with Crippen LogP contribution in [-0.4, -0.2) is 56.8 Å². The highest BCUT2D eigenvalue weighted by Gasteiger charge is 2.27. The summed E-state index contributed by atoms with van der Waals surface area (Å²) in [5.41, 5.74) is 0. The van der Waals surface area contributed by atoms with Crippen molar-refractivity contribution in [2.45, 2.75) is 44.9 Å². The molecule has 2 heterocycles. The molecule has 2 fully saturated rings.